The maximum Gasteiger partial charge on any atom is 0.306 e. The third-order valence-electron chi connectivity index (χ3n) is 3.67. The van der Waals surface area contributed by atoms with Crippen molar-refractivity contribution in [1.82, 2.24) is 5.32 Å². The summed E-state index contributed by atoms with van der Waals surface area (Å²) in [4.78, 5) is 22.9. The van der Waals surface area contributed by atoms with Crippen LogP contribution in [0.3, 0.4) is 0 Å². The lowest BCUT2D eigenvalue weighted by Gasteiger charge is -2.35. The zero-order valence-corrected chi connectivity index (χ0v) is 12.8. The molecule has 1 fully saturated rings. The molecule has 0 unspecified atom stereocenters. The van der Waals surface area contributed by atoms with E-state index in [0.29, 0.717) is 6.61 Å². The van der Waals surface area contributed by atoms with Gasteiger partial charge in [-0.2, -0.15) is 11.8 Å². The van der Waals surface area contributed by atoms with Gasteiger partial charge in [-0.1, -0.05) is 19.3 Å². The highest BCUT2D eigenvalue weighted by molar-refractivity contribution is 8.00. The number of amides is 1. The lowest BCUT2D eigenvalue weighted by Crippen LogP contribution is -2.41. The smallest absolute Gasteiger partial charge is 0.306 e. The predicted molar refractivity (Wildman–Crippen MR) is 78.2 cm³/mol. The normalized spacial score (nSPS) is 17.8. The van der Waals surface area contributed by atoms with Crippen LogP contribution in [0.4, 0.5) is 0 Å². The van der Waals surface area contributed by atoms with E-state index in [1.165, 1.54) is 32.1 Å². The van der Waals surface area contributed by atoms with Crippen LogP contribution < -0.4 is 5.32 Å². The van der Waals surface area contributed by atoms with Crippen LogP contribution in [0, 0.1) is 0 Å². The SMILES string of the molecule is CCOC(=O)CCC(=O)NCC1(SC)CCCCC1. The van der Waals surface area contributed by atoms with E-state index < -0.39 is 0 Å². The number of hydrogen-bond acceptors (Lipinski definition) is 4. The molecule has 1 rings (SSSR count). The van der Waals surface area contributed by atoms with Crippen LogP contribution in [0.5, 0.6) is 0 Å². The number of carbonyl (C=O) groups is 2. The molecule has 5 heteroatoms. The van der Waals surface area contributed by atoms with E-state index in [-0.39, 0.29) is 29.5 Å². The summed E-state index contributed by atoms with van der Waals surface area (Å²) in [5.74, 6) is -0.345. The van der Waals surface area contributed by atoms with Gasteiger partial charge in [0.05, 0.1) is 13.0 Å². The molecule has 1 saturated carbocycles. The summed E-state index contributed by atoms with van der Waals surface area (Å²) in [6, 6.07) is 0. The molecule has 110 valence electrons. The van der Waals surface area contributed by atoms with Gasteiger partial charge in [-0.15, -0.1) is 0 Å². The topological polar surface area (TPSA) is 55.4 Å². The van der Waals surface area contributed by atoms with Crippen molar-refractivity contribution in [2.24, 2.45) is 0 Å². The molecular weight excluding hydrogens is 262 g/mol. The van der Waals surface area contributed by atoms with Crippen molar-refractivity contribution in [3.8, 4) is 0 Å². The number of ether oxygens (including phenoxy) is 1. The number of esters is 1. The molecule has 0 aromatic heterocycles. The number of carbonyl (C=O) groups excluding carboxylic acids is 2. The Balaban J connectivity index is 2.26. The standard InChI is InChI=1S/C14H25NO3S/c1-3-18-13(17)8-7-12(16)15-11-14(19-2)9-5-4-6-10-14/h3-11H2,1-2H3,(H,15,16). The molecule has 0 aliphatic heterocycles. The molecular formula is C14H25NO3S. The first-order chi connectivity index (χ1) is 9.12. The van der Waals surface area contributed by atoms with E-state index in [9.17, 15) is 9.59 Å². The van der Waals surface area contributed by atoms with Crippen molar-refractivity contribution in [3.63, 3.8) is 0 Å². The van der Waals surface area contributed by atoms with E-state index in [1.807, 2.05) is 11.8 Å². The van der Waals surface area contributed by atoms with Gasteiger partial charge in [-0.3, -0.25) is 9.59 Å². The quantitative estimate of drug-likeness (QED) is 0.731. The Bertz CT molecular complexity index is 301. The first-order valence-corrected chi connectivity index (χ1v) is 8.32. The molecule has 0 saturated heterocycles. The van der Waals surface area contributed by atoms with E-state index in [4.69, 9.17) is 4.74 Å². The van der Waals surface area contributed by atoms with E-state index in [1.54, 1.807) is 6.92 Å². The van der Waals surface area contributed by atoms with Crippen LogP contribution in [0.25, 0.3) is 0 Å². The number of thioether (sulfide) groups is 1. The van der Waals surface area contributed by atoms with E-state index in [0.717, 1.165) is 6.54 Å². The van der Waals surface area contributed by atoms with Crippen molar-refractivity contribution >= 4 is 23.6 Å². The molecule has 1 amide bonds. The minimum absolute atomic E-state index is 0.0490. The molecule has 0 spiro atoms. The van der Waals surface area contributed by atoms with Crippen molar-refractivity contribution < 1.29 is 14.3 Å². The molecule has 0 heterocycles. The van der Waals surface area contributed by atoms with Crippen LogP contribution in [-0.4, -0.2) is 36.0 Å². The Kier molecular flexibility index (Phi) is 7.28. The van der Waals surface area contributed by atoms with Crippen LogP contribution in [0.2, 0.25) is 0 Å². The van der Waals surface area contributed by atoms with E-state index in [2.05, 4.69) is 11.6 Å². The summed E-state index contributed by atoms with van der Waals surface area (Å²) in [6.45, 7) is 2.86. The van der Waals surface area contributed by atoms with Crippen LogP contribution >= 0.6 is 11.8 Å². The Labute approximate surface area is 120 Å². The monoisotopic (exact) mass is 287 g/mol. The summed E-state index contributed by atoms with van der Waals surface area (Å²) >= 11 is 1.86. The van der Waals surface area contributed by atoms with Gasteiger partial charge in [0.1, 0.15) is 0 Å². The average molecular weight is 287 g/mol. The number of nitrogens with one attached hydrogen (secondary N) is 1. The fourth-order valence-corrected chi connectivity index (χ4v) is 3.36. The van der Waals surface area contributed by atoms with Gasteiger partial charge in [-0.05, 0) is 26.0 Å². The van der Waals surface area contributed by atoms with Crippen LogP contribution in [-0.2, 0) is 14.3 Å². The molecule has 0 aromatic carbocycles. The highest BCUT2D eigenvalue weighted by Crippen LogP contribution is 2.37. The summed E-state index contributed by atoms with van der Waals surface area (Å²) in [5, 5.41) is 2.97. The summed E-state index contributed by atoms with van der Waals surface area (Å²) in [6.07, 6.45) is 8.67. The lowest BCUT2D eigenvalue weighted by molar-refractivity contribution is -0.144. The Morgan fingerprint density at radius 2 is 1.89 bits per heavy atom. The maximum atomic E-state index is 11.7. The average Bonchev–Trinajstić information content (AvgIpc) is 2.44. The Hall–Kier alpha value is -0.710. The van der Waals surface area contributed by atoms with Crippen molar-refractivity contribution in [2.75, 3.05) is 19.4 Å². The third-order valence-corrected chi connectivity index (χ3v) is 5.09. The van der Waals surface area contributed by atoms with Crippen LogP contribution in [0.1, 0.15) is 51.9 Å². The fraction of sp³-hybridized carbons (Fsp3) is 0.857. The maximum absolute atomic E-state index is 11.7. The molecule has 1 N–H and O–H groups in total. The van der Waals surface area contributed by atoms with Crippen molar-refractivity contribution in [2.45, 2.75) is 56.6 Å². The molecule has 19 heavy (non-hydrogen) atoms. The van der Waals surface area contributed by atoms with Crippen molar-refractivity contribution in [1.29, 1.82) is 0 Å². The zero-order valence-electron chi connectivity index (χ0n) is 12.0. The van der Waals surface area contributed by atoms with Gasteiger partial charge in [0, 0.05) is 17.7 Å². The molecule has 0 aromatic rings. The predicted octanol–water partition coefficient (Wildman–Crippen LogP) is 2.51. The second kappa shape index (κ2) is 8.46. The molecule has 0 radical (unpaired) electrons. The highest BCUT2D eigenvalue weighted by Gasteiger charge is 2.31. The van der Waals surface area contributed by atoms with Gasteiger partial charge < -0.3 is 10.1 Å². The third kappa shape index (κ3) is 5.85. The van der Waals surface area contributed by atoms with Gasteiger partial charge in [0.15, 0.2) is 0 Å². The second-order valence-corrected chi connectivity index (χ2v) is 6.30. The van der Waals surface area contributed by atoms with E-state index >= 15 is 0 Å². The molecule has 1 aliphatic rings. The lowest BCUT2D eigenvalue weighted by atomic mass is 9.88. The highest BCUT2D eigenvalue weighted by atomic mass is 32.2. The van der Waals surface area contributed by atoms with Gasteiger partial charge in [-0.25, -0.2) is 0 Å². The first kappa shape index (κ1) is 16.3. The molecule has 0 atom stereocenters. The number of hydrogen-bond donors (Lipinski definition) is 1. The van der Waals surface area contributed by atoms with Gasteiger partial charge in [0.25, 0.3) is 0 Å². The second-order valence-electron chi connectivity index (χ2n) is 5.03. The zero-order chi connectivity index (χ0) is 14.1. The number of rotatable bonds is 7. The van der Waals surface area contributed by atoms with Gasteiger partial charge in [0.2, 0.25) is 5.91 Å². The molecule has 4 nitrogen and oxygen atoms in total. The molecule has 0 bridgehead atoms. The Morgan fingerprint density at radius 3 is 2.47 bits per heavy atom. The fourth-order valence-electron chi connectivity index (χ4n) is 2.45. The minimum atomic E-state index is -0.296. The summed E-state index contributed by atoms with van der Waals surface area (Å²) in [7, 11) is 0. The molecule has 1 aliphatic carbocycles. The van der Waals surface area contributed by atoms with Crippen LogP contribution in [0.15, 0.2) is 0 Å². The largest absolute Gasteiger partial charge is 0.466 e. The summed E-state index contributed by atoms with van der Waals surface area (Å²) in [5.41, 5.74) is 0. The van der Waals surface area contributed by atoms with Crippen molar-refractivity contribution in [3.05, 3.63) is 0 Å². The minimum Gasteiger partial charge on any atom is -0.466 e. The Morgan fingerprint density at radius 1 is 1.21 bits per heavy atom. The van der Waals surface area contributed by atoms with Gasteiger partial charge >= 0.3 is 5.97 Å². The summed E-state index contributed by atoms with van der Waals surface area (Å²) < 4.78 is 5.01. The first-order valence-electron chi connectivity index (χ1n) is 7.09.